The molecule has 4 N–H and O–H groups in total. The first-order chi connectivity index (χ1) is 13.7. The molecule has 0 aromatic heterocycles. The van der Waals surface area contributed by atoms with E-state index >= 15 is 0 Å². The van der Waals surface area contributed by atoms with Crippen LogP contribution >= 0.6 is 11.6 Å². The summed E-state index contributed by atoms with van der Waals surface area (Å²) in [6.07, 6.45) is 0. The maximum atomic E-state index is 12.5. The van der Waals surface area contributed by atoms with Gasteiger partial charge in [0.1, 0.15) is 0 Å². The molecule has 2 rings (SSSR count). The number of likely N-dealkylation sites (N-methyl/N-ethyl adjacent to an activating group) is 1. The Morgan fingerprint density at radius 2 is 1.79 bits per heavy atom. The minimum atomic E-state index is -0.186. The van der Waals surface area contributed by atoms with Gasteiger partial charge >= 0.3 is 0 Å². The Morgan fingerprint density at radius 3 is 2.41 bits per heavy atom. The molecular formula is C20H32ClN5O3+2. The Kier molecular flexibility index (Phi) is 8.88. The molecule has 3 amide bonds. The SMILES string of the molecule is CC(C)NC(=O)C[NH+]1CCN(C(=O)C[NH+](C)CC(=O)Nc2ccccc2Cl)CC1. The molecule has 1 aliphatic heterocycles. The number of piperazine rings is 1. The third kappa shape index (κ3) is 8.00. The molecule has 29 heavy (non-hydrogen) atoms. The van der Waals surface area contributed by atoms with Crippen molar-refractivity contribution in [1.29, 1.82) is 0 Å². The molecule has 160 valence electrons. The van der Waals surface area contributed by atoms with Crippen LogP contribution in [0.2, 0.25) is 5.02 Å². The first kappa shape index (κ1) is 23.1. The normalized spacial score (nSPS) is 15.8. The van der Waals surface area contributed by atoms with E-state index < -0.39 is 0 Å². The van der Waals surface area contributed by atoms with Crippen LogP contribution in [-0.4, -0.2) is 81.5 Å². The zero-order valence-electron chi connectivity index (χ0n) is 17.4. The highest BCUT2D eigenvalue weighted by molar-refractivity contribution is 6.33. The third-order valence-electron chi connectivity index (χ3n) is 4.75. The summed E-state index contributed by atoms with van der Waals surface area (Å²) in [4.78, 5) is 40.4. The van der Waals surface area contributed by atoms with Gasteiger partial charge in [-0.1, -0.05) is 23.7 Å². The van der Waals surface area contributed by atoms with Gasteiger partial charge in [-0.25, -0.2) is 0 Å². The molecule has 0 radical (unpaired) electrons. The minimum Gasteiger partial charge on any atom is -0.349 e. The molecule has 1 unspecified atom stereocenters. The number of halogens is 1. The molecule has 1 fully saturated rings. The Labute approximate surface area is 177 Å². The fourth-order valence-corrected chi connectivity index (χ4v) is 3.50. The first-order valence-corrected chi connectivity index (χ1v) is 10.4. The van der Waals surface area contributed by atoms with E-state index in [0.717, 1.165) is 18.0 Å². The lowest BCUT2D eigenvalue weighted by Gasteiger charge is -2.32. The zero-order chi connectivity index (χ0) is 21.4. The number of anilines is 1. The average molecular weight is 426 g/mol. The van der Waals surface area contributed by atoms with Crippen LogP contribution < -0.4 is 20.4 Å². The smallest absolute Gasteiger partial charge is 0.279 e. The van der Waals surface area contributed by atoms with Crippen LogP contribution in [0.4, 0.5) is 5.69 Å². The van der Waals surface area contributed by atoms with Gasteiger partial charge in [0.05, 0.1) is 43.9 Å². The van der Waals surface area contributed by atoms with Gasteiger partial charge < -0.3 is 25.3 Å². The number of nitrogens with zero attached hydrogens (tertiary/aromatic N) is 1. The number of para-hydroxylation sites is 1. The van der Waals surface area contributed by atoms with E-state index in [9.17, 15) is 14.4 Å². The summed E-state index contributed by atoms with van der Waals surface area (Å²) < 4.78 is 0. The van der Waals surface area contributed by atoms with Gasteiger partial charge in [-0.05, 0) is 26.0 Å². The number of benzene rings is 1. The van der Waals surface area contributed by atoms with Crippen molar-refractivity contribution < 1.29 is 24.2 Å². The largest absolute Gasteiger partial charge is 0.349 e. The van der Waals surface area contributed by atoms with Crippen molar-refractivity contribution >= 4 is 35.0 Å². The predicted molar refractivity (Wildman–Crippen MR) is 112 cm³/mol. The lowest BCUT2D eigenvalue weighted by molar-refractivity contribution is -0.896. The Hall–Kier alpha value is -2.16. The molecule has 0 aliphatic carbocycles. The quantitative estimate of drug-likeness (QED) is 0.390. The topological polar surface area (TPSA) is 87.4 Å². The zero-order valence-corrected chi connectivity index (χ0v) is 18.1. The summed E-state index contributed by atoms with van der Waals surface area (Å²) in [5.74, 6) is -0.115. The highest BCUT2D eigenvalue weighted by Gasteiger charge is 2.27. The molecule has 0 spiro atoms. The molecule has 1 heterocycles. The van der Waals surface area contributed by atoms with Crippen molar-refractivity contribution in [2.24, 2.45) is 0 Å². The number of carbonyl (C=O) groups is 3. The molecule has 0 saturated carbocycles. The van der Waals surface area contributed by atoms with E-state index in [2.05, 4.69) is 10.6 Å². The Bertz CT molecular complexity index is 720. The van der Waals surface area contributed by atoms with Gasteiger partial charge in [-0.15, -0.1) is 0 Å². The van der Waals surface area contributed by atoms with Crippen LogP contribution in [0.15, 0.2) is 24.3 Å². The van der Waals surface area contributed by atoms with Crippen LogP contribution in [0.3, 0.4) is 0 Å². The van der Waals surface area contributed by atoms with E-state index in [1.165, 1.54) is 4.90 Å². The molecule has 1 aromatic carbocycles. The summed E-state index contributed by atoms with van der Waals surface area (Å²) in [5, 5.41) is 6.16. The van der Waals surface area contributed by atoms with Crippen molar-refractivity contribution in [2.45, 2.75) is 19.9 Å². The lowest BCUT2D eigenvalue weighted by atomic mass is 10.3. The van der Waals surface area contributed by atoms with Gasteiger partial charge in [0, 0.05) is 6.04 Å². The van der Waals surface area contributed by atoms with Crippen molar-refractivity contribution in [1.82, 2.24) is 10.2 Å². The van der Waals surface area contributed by atoms with Crippen molar-refractivity contribution in [3.05, 3.63) is 29.3 Å². The van der Waals surface area contributed by atoms with E-state index in [1.54, 1.807) is 24.3 Å². The second-order valence-electron chi connectivity index (χ2n) is 7.87. The van der Waals surface area contributed by atoms with Gasteiger partial charge in [0.25, 0.3) is 17.7 Å². The summed E-state index contributed by atoms with van der Waals surface area (Å²) in [5.41, 5.74) is 0.568. The number of hydrogen-bond acceptors (Lipinski definition) is 3. The lowest BCUT2D eigenvalue weighted by Crippen LogP contribution is -3.16. The second-order valence-corrected chi connectivity index (χ2v) is 8.28. The minimum absolute atomic E-state index is 0.0266. The molecule has 0 bridgehead atoms. The summed E-state index contributed by atoms with van der Waals surface area (Å²) >= 11 is 6.05. The number of hydrogen-bond donors (Lipinski definition) is 4. The second kappa shape index (κ2) is 11.1. The summed E-state index contributed by atoms with van der Waals surface area (Å²) in [6, 6.07) is 7.19. The highest BCUT2D eigenvalue weighted by atomic mass is 35.5. The fourth-order valence-electron chi connectivity index (χ4n) is 3.31. The number of carbonyl (C=O) groups excluding carboxylic acids is 3. The van der Waals surface area contributed by atoms with E-state index in [1.807, 2.05) is 25.8 Å². The monoisotopic (exact) mass is 425 g/mol. The molecule has 9 heteroatoms. The number of rotatable bonds is 8. The molecule has 1 saturated heterocycles. The molecular weight excluding hydrogens is 394 g/mol. The maximum Gasteiger partial charge on any atom is 0.279 e. The van der Waals surface area contributed by atoms with E-state index in [0.29, 0.717) is 30.3 Å². The third-order valence-corrected chi connectivity index (χ3v) is 5.08. The molecule has 8 nitrogen and oxygen atoms in total. The average Bonchev–Trinajstić information content (AvgIpc) is 2.63. The van der Waals surface area contributed by atoms with Crippen LogP contribution in [0, 0.1) is 0 Å². The van der Waals surface area contributed by atoms with Gasteiger partial charge in [0.2, 0.25) is 0 Å². The summed E-state index contributed by atoms with van der Waals surface area (Å²) in [7, 11) is 1.82. The van der Waals surface area contributed by atoms with Crippen LogP contribution in [-0.2, 0) is 14.4 Å². The Balaban J connectivity index is 1.71. The van der Waals surface area contributed by atoms with Gasteiger partial charge in [0.15, 0.2) is 19.6 Å². The highest BCUT2D eigenvalue weighted by Crippen LogP contribution is 2.19. The van der Waals surface area contributed by atoms with E-state index in [-0.39, 0.29) is 36.9 Å². The van der Waals surface area contributed by atoms with Gasteiger partial charge in [-0.3, -0.25) is 14.4 Å². The number of amides is 3. The maximum absolute atomic E-state index is 12.5. The standard InChI is InChI=1S/C20H30ClN5O3/c1-15(2)22-19(28)13-25-8-10-26(11-9-25)20(29)14-24(3)12-18(27)23-17-7-5-4-6-16(17)21/h4-7,15H,8-14H2,1-3H3,(H,22,28)(H,23,27)/p+2. The van der Waals surface area contributed by atoms with Gasteiger partial charge in [-0.2, -0.15) is 0 Å². The Morgan fingerprint density at radius 1 is 1.14 bits per heavy atom. The molecule has 1 atom stereocenters. The fraction of sp³-hybridized carbons (Fsp3) is 0.550. The van der Waals surface area contributed by atoms with Crippen molar-refractivity contribution in [3.8, 4) is 0 Å². The van der Waals surface area contributed by atoms with Crippen molar-refractivity contribution in [3.63, 3.8) is 0 Å². The molecule has 1 aliphatic rings. The first-order valence-electron chi connectivity index (χ1n) is 10.0. The van der Waals surface area contributed by atoms with Crippen molar-refractivity contribution in [2.75, 3.05) is 58.2 Å². The van der Waals surface area contributed by atoms with Crippen LogP contribution in [0.1, 0.15) is 13.8 Å². The predicted octanol–water partition coefficient (Wildman–Crippen LogP) is -1.96. The number of nitrogens with one attached hydrogen (secondary N) is 4. The van der Waals surface area contributed by atoms with Crippen LogP contribution in [0.5, 0.6) is 0 Å². The summed E-state index contributed by atoms with van der Waals surface area (Å²) in [6.45, 7) is 7.51. The number of quaternary nitrogens is 2. The van der Waals surface area contributed by atoms with E-state index in [4.69, 9.17) is 11.6 Å². The molecule has 1 aromatic rings. The van der Waals surface area contributed by atoms with Crippen LogP contribution in [0.25, 0.3) is 0 Å².